The van der Waals surface area contributed by atoms with Crippen LogP contribution >= 0.6 is 10.3 Å². The summed E-state index contributed by atoms with van der Waals surface area (Å²) in [4.78, 5) is 0.899. The number of hydrogen-bond donors (Lipinski definition) is 0. The van der Waals surface area contributed by atoms with Gasteiger partial charge in [-0.05, 0) is 79.6 Å². The molecule has 0 aromatic heterocycles. The van der Waals surface area contributed by atoms with Crippen LogP contribution in [0.2, 0.25) is 0 Å². The molecular weight excluding hydrogens is 461 g/mol. The Hall–Kier alpha value is -2.49. The Kier molecular flexibility index (Phi) is 6.65. The highest BCUT2D eigenvalue weighted by atomic mass is 32.3. The molecule has 0 radical (unpaired) electrons. The van der Waals surface area contributed by atoms with Crippen molar-refractivity contribution in [2.75, 3.05) is 0 Å². The molecule has 0 unspecified atom stereocenters. The van der Waals surface area contributed by atoms with Crippen LogP contribution in [-0.4, -0.2) is 19.5 Å². The predicted molar refractivity (Wildman–Crippen MR) is 118 cm³/mol. The highest BCUT2D eigenvalue weighted by Crippen LogP contribution is 2.70. The Morgan fingerprint density at radius 3 is 1.44 bits per heavy atom. The number of benzene rings is 3. The third kappa shape index (κ3) is 5.11. The van der Waals surface area contributed by atoms with Crippen molar-refractivity contribution in [1.29, 1.82) is 0 Å². The summed E-state index contributed by atoms with van der Waals surface area (Å²) in [6, 6.07) is 22.4. The standard InChI is InChI=1S/C23H23F3O4S2/c1-22(2,3)29-18-14-16-21(17-15-18)31(19-10-6-4-7-11-19,20-12-8-5-9-13-20)30-32(27,28)23(24,25)26/h4-17H,1-3H3. The van der Waals surface area contributed by atoms with E-state index in [1.807, 2.05) is 20.8 Å². The van der Waals surface area contributed by atoms with Gasteiger partial charge in [-0.15, -0.1) is 0 Å². The molecule has 3 aromatic rings. The molecule has 4 nitrogen and oxygen atoms in total. The summed E-state index contributed by atoms with van der Waals surface area (Å²) < 4.78 is 75.9. The van der Waals surface area contributed by atoms with Gasteiger partial charge in [0.15, 0.2) is 0 Å². The molecule has 0 amide bonds. The van der Waals surface area contributed by atoms with Gasteiger partial charge in [-0.25, -0.2) is 0 Å². The Bertz CT molecular complexity index is 1100. The van der Waals surface area contributed by atoms with Crippen molar-refractivity contribution in [3.8, 4) is 5.75 Å². The molecule has 172 valence electrons. The van der Waals surface area contributed by atoms with Crippen LogP contribution in [0.4, 0.5) is 13.2 Å². The Morgan fingerprint density at radius 1 is 0.656 bits per heavy atom. The molecule has 0 aliphatic carbocycles. The maximum atomic E-state index is 13.4. The summed E-state index contributed by atoms with van der Waals surface area (Å²) in [7, 11) is -9.23. The molecule has 0 atom stereocenters. The second-order valence-electron chi connectivity index (χ2n) is 7.84. The van der Waals surface area contributed by atoms with E-state index in [9.17, 15) is 21.6 Å². The Balaban J connectivity index is 2.29. The van der Waals surface area contributed by atoms with E-state index in [1.54, 1.807) is 84.9 Å². The van der Waals surface area contributed by atoms with Gasteiger partial charge in [-0.2, -0.15) is 25.2 Å². The van der Waals surface area contributed by atoms with Crippen molar-refractivity contribution in [2.24, 2.45) is 0 Å². The summed E-state index contributed by atoms with van der Waals surface area (Å²) in [5, 5.41) is 0. The number of alkyl halides is 3. The van der Waals surface area contributed by atoms with Gasteiger partial charge in [-0.3, -0.25) is 0 Å². The molecule has 0 aliphatic heterocycles. The summed E-state index contributed by atoms with van der Waals surface area (Å²) in [6.45, 7) is 5.59. The van der Waals surface area contributed by atoms with E-state index in [0.29, 0.717) is 15.5 Å². The van der Waals surface area contributed by atoms with Gasteiger partial charge in [0.1, 0.15) is 11.4 Å². The topological polar surface area (TPSA) is 52.6 Å². The zero-order valence-corrected chi connectivity index (χ0v) is 19.3. The Morgan fingerprint density at radius 2 is 1.06 bits per heavy atom. The first-order chi connectivity index (χ1) is 14.9. The van der Waals surface area contributed by atoms with Gasteiger partial charge in [0.25, 0.3) is 0 Å². The van der Waals surface area contributed by atoms with Crippen molar-refractivity contribution in [2.45, 2.75) is 46.6 Å². The molecule has 0 bridgehead atoms. The highest BCUT2D eigenvalue weighted by molar-refractivity contribution is 8.33. The number of ether oxygens (including phenoxy) is 1. The first-order valence-corrected chi connectivity index (χ1v) is 12.6. The molecule has 0 spiro atoms. The summed E-state index contributed by atoms with van der Waals surface area (Å²) in [5.41, 5.74) is -6.06. The van der Waals surface area contributed by atoms with E-state index in [2.05, 4.69) is 0 Å². The monoisotopic (exact) mass is 484 g/mol. The lowest BCUT2D eigenvalue weighted by Crippen LogP contribution is -2.27. The zero-order valence-electron chi connectivity index (χ0n) is 17.7. The lowest BCUT2D eigenvalue weighted by molar-refractivity contribution is -0.0496. The number of rotatable bonds is 6. The van der Waals surface area contributed by atoms with Gasteiger partial charge in [0.05, 0.1) is 0 Å². The number of hydrogen-bond acceptors (Lipinski definition) is 4. The van der Waals surface area contributed by atoms with Gasteiger partial charge in [0, 0.05) is 14.7 Å². The molecule has 0 heterocycles. The SMILES string of the molecule is CC(C)(C)Oc1ccc(S(OS(=O)(=O)C(F)(F)F)(c2ccccc2)c2ccccc2)cc1. The average Bonchev–Trinajstić information content (AvgIpc) is 2.72. The van der Waals surface area contributed by atoms with Crippen molar-refractivity contribution < 1.29 is 30.0 Å². The lowest BCUT2D eigenvalue weighted by Gasteiger charge is -2.39. The van der Waals surface area contributed by atoms with E-state index in [0.717, 1.165) is 0 Å². The summed E-state index contributed by atoms with van der Waals surface area (Å²) >= 11 is 0. The zero-order chi connectivity index (χ0) is 23.6. The average molecular weight is 485 g/mol. The first-order valence-electron chi connectivity index (χ1n) is 9.60. The fourth-order valence-electron chi connectivity index (χ4n) is 2.98. The van der Waals surface area contributed by atoms with Gasteiger partial charge in [0.2, 0.25) is 0 Å². The molecule has 32 heavy (non-hydrogen) atoms. The fourth-order valence-corrected chi connectivity index (χ4v) is 7.72. The quantitative estimate of drug-likeness (QED) is 0.356. The molecule has 3 rings (SSSR count). The van der Waals surface area contributed by atoms with Gasteiger partial charge < -0.3 is 4.74 Å². The Labute approximate surface area is 187 Å². The third-order valence-corrected chi connectivity index (χ3v) is 9.11. The second kappa shape index (κ2) is 8.80. The molecule has 0 fully saturated rings. The van der Waals surface area contributed by atoms with Crippen LogP contribution in [0.15, 0.2) is 99.6 Å². The van der Waals surface area contributed by atoms with Crippen LogP contribution in [0, 0.1) is 0 Å². The van der Waals surface area contributed by atoms with E-state index in [-0.39, 0.29) is 4.90 Å². The van der Waals surface area contributed by atoms with Crippen molar-refractivity contribution in [3.05, 3.63) is 84.9 Å². The van der Waals surface area contributed by atoms with Crippen molar-refractivity contribution in [3.63, 3.8) is 0 Å². The summed E-state index contributed by atoms with van der Waals surface area (Å²) in [6.07, 6.45) is 0. The summed E-state index contributed by atoms with van der Waals surface area (Å²) in [5.74, 6) is 0.495. The minimum atomic E-state index is -5.93. The minimum Gasteiger partial charge on any atom is -0.488 e. The molecule has 0 saturated carbocycles. The van der Waals surface area contributed by atoms with E-state index in [1.165, 1.54) is 0 Å². The minimum absolute atomic E-state index is 0.281. The molecule has 0 aliphatic rings. The molecule has 9 heteroatoms. The van der Waals surface area contributed by atoms with Crippen LogP contribution in [0.25, 0.3) is 0 Å². The van der Waals surface area contributed by atoms with E-state index in [4.69, 9.17) is 8.37 Å². The van der Waals surface area contributed by atoms with Crippen LogP contribution in [0.3, 0.4) is 0 Å². The molecule has 3 aromatic carbocycles. The van der Waals surface area contributed by atoms with Crippen LogP contribution in [0.1, 0.15) is 20.8 Å². The van der Waals surface area contributed by atoms with Crippen molar-refractivity contribution in [1.82, 2.24) is 0 Å². The predicted octanol–water partition coefficient (Wildman–Crippen LogP) is 6.93. The van der Waals surface area contributed by atoms with Crippen LogP contribution in [-0.2, 0) is 13.7 Å². The number of halogens is 3. The largest absolute Gasteiger partial charge is 0.524 e. The fraction of sp³-hybridized carbons (Fsp3) is 0.217. The molecule has 0 saturated heterocycles. The lowest BCUT2D eigenvalue weighted by atomic mass is 10.2. The third-order valence-electron chi connectivity index (χ3n) is 4.21. The second-order valence-corrected chi connectivity index (χ2v) is 12.3. The van der Waals surface area contributed by atoms with Crippen LogP contribution < -0.4 is 4.74 Å². The first kappa shape index (κ1) is 24.2. The van der Waals surface area contributed by atoms with E-state index >= 15 is 0 Å². The smallest absolute Gasteiger partial charge is 0.488 e. The van der Waals surface area contributed by atoms with E-state index < -0.39 is 31.5 Å². The van der Waals surface area contributed by atoms with Gasteiger partial charge in [-0.1, -0.05) is 36.4 Å². The normalized spacial score (nSPS) is 13.6. The molecule has 0 N–H and O–H groups in total. The highest BCUT2D eigenvalue weighted by Gasteiger charge is 2.52. The van der Waals surface area contributed by atoms with Crippen LogP contribution in [0.5, 0.6) is 5.75 Å². The maximum absolute atomic E-state index is 13.4. The van der Waals surface area contributed by atoms with Gasteiger partial charge >= 0.3 is 15.6 Å². The molecular formula is C23H23F3O4S2. The van der Waals surface area contributed by atoms with Crippen molar-refractivity contribution >= 4 is 20.4 Å². The maximum Gasteiger partial charge on any atom is 0.524 e.